The molecule has 3 nitrogen and oxygen atoms in total. The number of pyridine rings is 1. The Morgan fingerprint density at radius 1 is 1.36 bits per heavy atom. The van der Waals surface area contributed by atoms with Crippen molar-refractivity contribution in [3.63, 3.8) is 0 Å². The van der Waals surface area contributed by atoms with Crippen molar-refractivity contribution in [2.24, 2.45) is 0 Å². The molecule has 14 heavy (non-hydrogen) atoms. The van der Waals surface area contributed by atoms with Gasteiger partial charge in [-0.3, -0.25) is 9.20 Å². The Hall–Kier alpha value is -0.580. The normalized spacial score (nSPS) is 10.8. The third-order valence-electron chi connectivity index (χ3n) is 1.69. The molecule has 0 unspecified atom stereocenters. The van der Waals surface area contributed by atoms with E-state index in [1.165, 1.54) is 10.6 Å². The van der Waals surface area contributed by atoms with Gasteiger partial charge in [-0.15, -0.1) is 0 Å². The number of halogens is 3. The highest BCUT2D eigenvalue weighted by Gasteiger charge is 2.07. The van der Waals surface area contributed by atoms with Gasteiger partial charge in [-0.2, -0.15) is 0 Å². The van der Waals surface area contributed by atoms with Gasteiger partial charge in [0.1, 0.15) is 10.1 Å². The Labute approximate surface area is 97.4 Å². The van der Waals surface area contributed by atoms with Gasteiger partial charge in [0.15, 0.2) is 5.15 Å². The summed E-state index contributed by atoms with van der Waals surface area (Å²) in [5, 5.41) is 0.618. The lowest BCUT2D eigenvalue weighted by molar-refractivity contribution is 1.03. The van der Waals surface area contributed by atoms with Gasteiger partial charge in [0, 0.05) is 6.20 Å². The van der Waals surface area contributed by atoms with Gasteiger partial charge < -0.3 is 0 Å². The molecular formula is C8H3BrCl2N2O. The zero-order valence-corrected chi connectivity index (χ0v) is 9.77. The highest BCUT2D eigenvalue weighted by molar-refractivity contribution is 9.10. The lowest BCUT2D eigenvalue weighted by Gasteiger charge is -2.01. The van der Waals surface area contributed by atoms with E-state index < -0.39 is 0 Å². The minimum Gasteiger partial charge on any atom is -0.268 e. The highest BCUT2D eigenvalue weighted by Crippen LogP contribution is 2.17. The predicted octanol–water partition coefficient (Wildman–Crippen LogP) is 2.76. The summed E-state index contributed by atoms with van der Waals surface area (Å²) >= 11 is 14.5. The first kappa shape index (κ1) is 9.96. The maximum atomic E-state index is 11.6. The van der Waals surface area contributed by atoms with Crippen LogP contribution < -0.4 is 5.56 Å². The van der Waals surface area contributed by atoms with Crippen LogP contribution in [0.3, 0.4) is 0 Å². The molecule has 0 aromatic carbocycles. The van der Waals surface area contributed by atoms with Gasteiger partial charge in [-0.25, -0.2) is 4.98 Å². The number of hydrogen-bond donors (Lipinski definition) is 0. The van der Waals surface area contributed by atoms with E-state index in [1.807, 2.05) is 0 Å². The number of fused-ring (bicyclic) bond motifs is 1. The van der Waals surface area contributed by atoms with E-state index >= 15 is 0 Å². The van der Waals surface area contributed by atoms with E-state index in [4.69, 9.17) is 23.2 Å². The summed E-state index contributed by atoms with van der Waals surface area (Å²) in [6, 6.07) is 3.27. The van der Waals surface area contributed by atoms with Crippen LogP contribution in [0.5, 0.6) is 0 Å². The summed E-state index contributed by atoms with van der Waals surface area (Å²) in [5.74, 6) is 0. The molecule has 0 atom stereocenters. The van der Waals surface area contributed by atoms with Crippen molar-refractivity contribution in [3.05, 3.63) is 43.3 Å². The van der Waals surface area contributed by atoms with E-state index in [2.05, 4.69) is 20.9 Å². The molecule has 0 radical (unpaired) electrons. The van der Waals surface area contributed by atoms with Crippen LogP contribution in [0.4, 0.5) is 0 Å². The number of nitrogens with zero attached hydrogens (tertiary/aromatic N) is 2. The fourth-order valence-electron chi connectivity index (χ4n) is 1.06. The van der Waals surface area contributed by atoms with Gasteiger partial charge >= 0.3 is 0 Å². The average Bonchev–Trinajstić information content (AvgIpc) is 2.16. The van der Waals surface area contributed by atoms with E-state index in [-0.39, 0.29) is 15.2 Å². The van der Waals surface area contributed by atoms with Crippen LogP contribution in [0, 0.1) is 0 Å². The van der Waals surface area contributed by atoms with Crippen molar-refractivity contribution < 1.29 is 0 Å². The van der Waals surface area contributed by atoms with Crippen LogP contribution in [0.15, 0.2) is 27.6 Å². The van der Waals surface area contributed by atoms with Crippen molar-refractivity contribution in [3.8, 4) is 0 Å². The topological polar surface area (TPSA) is 34.4 Å². The molecule has 2 aromatic rings. The fourth-order valence-corrected chi connectivity index (χ4v) is 1.67. The van der Waals surface area contributed by atoms with Crippen molar-refractivity contribution in [1.82, 2.24) is 9.38 Å². The fraction of sp³-hybridized carbons (Fsp3) is 0. The molecule has 0 amide bonds. The maximum absolute atomic E-state index is 11.6. The molecule has 2 aromatic heterocycles. The van der Waals surface area contributed by atoms with Crippen molar-refractivity contribution in [2.45, 2.75) is 0 Å². The second-order valence-corrected chi connectivity index (χ2v) is 4.18. The van der Waals surface area contributed by atoms with Crippen LogP contribution in [0.25, 0.3) is 5.65 Å². The summed E-state index contributed by atoms with van der Waals surface area (Å²) in [7, 11) is 0. The molecule has 0 aliphatic heterocycles. The lowest BCUT2D eigenvalue weighted by Crippen LogP contribution is -2.15. The van der Waals surface area contributed by atoms with E-state index in [0.717, 1.165) is 0 Å². The third-order valence-corrected chi connectivity index (χ3v) is 3.13. The van der Waals surface area contributed by atoms with E-state index in [9.17, 15) is 4.79 Å². The Kier molecular flexibility index (Phi) is 2.51. The Morgan fingerprint density at radius 2 is 2.07 bits per heavy atom. The lowest BCUT2D eigenvalue weighted by atomic mass is 10.4. The standard InChI is InChI=1S/C8H3BrCl2N2O/c9-6-7(11)12-5-2-1-4(10)3-13(5)8(6)14/h1-3H. The van der Waals surface area contributed by atoms with Crippen molar-refractivity contribution in [1.29, 1.82) is 0 Å². The number of rotatable bonds is 0. The van der Waals surface area contributed by atoms with Crippen LogP contribution >= 0.6 is 39.1 Å². The molecule has 0 N–H and O–H groups in total. The first-order chi connectivity index (χ1) is 6.59. The molecule has 6 heteroatoms. The summed E-state index contributed by atoms with van der Waals surface area (Å²) in [5.41, 5.74) is 0.190. The van der Waals surface area contributed by atoms with Crippen LogP contribution in [-0.4, -0.2) is 9.38 Å². The minimum atomic E-state index is -0.275. The van der Waals surface area contributed by atoms with Gasteiger partial charge in [0.2, 0.25) is 0 Å². The molecule has 0 aliphatic rings. The van der Waals surface area contributed by atoms with Gasteiger partial charge in [-0.1, -0.05) is 23.2 Å². The maximum Gasteiger partial charge on any atom is 0.273 e. The van der Waals surface area contributed by atoms with Crippen molar-refractivity contribution in [2.75, 3.05) is 0 Å². The predicted molar refractivity (Wildman–Crippen MR) is 59.2 cm³/mol. The monoisotopic (exact) mass is 292 g/mol. The Morgan fingerprint density at radius 3 is 2.79 bits per heavy atom. The summed E-state index contributed by atoms with van der Waals surface area (Å²) in [6.45, 7) is 0. The van der Waals surface area contributed by atoms with Crippen LogP contribution in [-0.2, 0) is 0 Å². The van der Waals surface area contributed by atoms with Gasteiger partial charge in [-0.05, 0) is 28.1 Å². The molecule has 0 fully saturated rings. The molecule has 0 spiro atoms. The molecular weight excluding hydrogens is 291 g/mol. The van der Waals surface area contributed by atoms with Crippen molar-refractivity contribution >= 4 is 44.8 Å². The Balaban J connectivity index is 2.99. The molecule has 0 saturated heterocycles. The quantitative estimate of drug-likeness (QED) is 0.700. The summed E-state index contributed by atoms with van der Waals surface area (Å²) < 4.78 is 1.57. The minimum absolute atomic E-state index is 0.150. The average molecular weight is 294 g/mol. The molecule has 72 valence electrons. The zero-order chi connectivity index (χ0) is 10.3. The third kappa shape index (κ3) is 1.54. The van der Waals surface area contributed by atoms with Crippen LogP contribution in [0.1, 0.15) is 0 Å². The molecule has 2 rings (SSSR count). The SMILES string of the molecule is O=c1c(Br)c(Cl)nc2ccc(Cl)cn12. The number of hydrogen-bond acceptors (Lipinski definition) is 2. The van der Waals surface area contributed by atoms with Gasteiger partial charge in [0.05, 0.1) is 5.02 Å². The van der Waals surface area contributed by atoms with E-state index in [0.29, 0.717) is 10.7 Å². The first-order valence-corrected chi connectivity index (χ1v) is 5.17. The van der Waals surface area contributed by atoms with E-state index in [1.54, 1.807) is 12.1 Å². The second kappa shape index (κ2) is 3.53. The second-order valence-electron chi connectivity index (χ2n) is 2.60. The Bertz CT molecular complexity index is 567. The summed E-state index contributed by atoms with van der Waals surface area (Å²) in [4.78, 5) is 15.6. The largest absolute Gasteiger partial charge is 0.273 e. The van der Waals surface area contributed by atoms with Gasteiger partial charge in [0.25, 0.3) is 5.56 Å². The number of aromatic nitrogens is 2. The smallest absolute Gasteiger partial charge is 0.268 e. The zero-order valence-electron chi connectivity index (χ0n) is 6.67. The highest BCUT2D eigenvalue weighted by atomic mass is 79.9. The molecule has 0 aliphatic carbocycles. The molecule has 2 heterocycles. The summed E-state index contributed by atoms with van der Waals surface area (Å²) in [6.07, 6.45) is 1.49. The first-order valence-electron chi connectivity index (χ1n) is 3.62. The molecule has 0 saturated carbocycles. The molecule has 0 bridgehead atoms. The van der Waals surface area contributed by atoms with Crippen LogP contribution in [0.2, 0.25) is 10.2 Å².